The van der Waals surface area contributed by atoms with Crippen molar-refractivity contribution in [3.8, 4) is 22.9 Å². The fraction of sp³-hybridized carbons (Fsp3) is 0.405. The highest BCUT2D eigenvalue weighted by atomic mass is 16.6. The highest BCUT2D eigenvalue weighted by molar-refractivity contribution is 5.81. The molecule has 3 aliphatic rings. The summed E-state index contributed by atoms with van der Waals surface area (Å²) in [6, 6.07) is 20.1. The van der Waals surface area contributed by atoms with Gasteiger partial charge in [0.1, 0.15) is 22.9 Å². The van der Waals surface area contributed by atoms with Crippen molar-refractivity contribution in [2.75, 3.05) is 26.2 Å². The van der Waals surface area contributed by atoms with Gasteiger partial charge in [-0.1, -0.05) is 24.3 Å². The van der Waals surface area contributed by atoms with Crippen LogP contribution >= 0.6 is 0 Å². The maximum Gasteiger partial charge on any atom is 0.410 e. The van der Waals surface area contributed by atoms with Gasteiger partial charge < -0.3 is 33.9 Å². The SMILES string of the molecule is CC(C)(C)OC(=O)N1CCC(=O)CC1.Cc1cccc(O)c1-n1cccc1.Cc1cccc2c1-n1cccc1C1(CCNCC1)O2. The monoisotopic (exact) mass is 626 g/mol. The van der Waals surface area contributed by atoms with E-state index in [2.05, 4.69) is 53.3 Å². The zero-order valence-corrected chi connectivity index (χ0v) is 27.6. The van der Waals surface area contributed by atoms with E-state index < -0.39 is 5.60 Å². The van der Waals surface area contributed by atoms with E-state index in [1.54, 1.807) is 11.0 Å². The molecule has 244 valence electrons. The number of aromatic hydroxyl groups is 1. The summed E-state index contributed by atoms with van der Waals surface area (Å²) in [7, 11) is 0. The maximum absolute atomic E-state index is 11.5. The summed E-state index contributed by atoms with van der Waals surface area (Å²) in [5.41, 5.74) is 5.08. The van der Waals surface area contributed by atoms with Crippen molar-refractivity contribution in [3.05, 3.63) is 96.1 Å². The minimum Gasteiger partial charge on any atom is -0.506 e. The molecular formula is C37H46N4O5. The predicted molar refractivity (Wildman–Crippen MR) is 179 cm³/mol. The van der Waals surface area contributed by atoms with Crippen molar-refractivity contribution in [1.29, 1.82) is 0 Å². The van der Waals surface area contributed by atoms with E-state index in [4.69, 9.17) is 9.47 Å². The number of hydrogen-bond acceptors (Lipinski definition) is 6. The average molecular weight is 627 g/mol. The van der Waals surface area contributed by atoms with Crippen LogP contribution in [0.15, 0.2) is 79.3 Å². The molecule has 3 aliphatic heterocycles. The minimum absolute atomic E-state index is 0.143. The zero-order chi connectivity index (χ0) is 32.9. The molecule has 5 heterocycles. The van der Waals surface area contributed by atoms with Gasteiger partial charge in [0.05, 0.1) is 17.1 Å². The molecule has 1 amide bonds. The smallest absolute Gasteiger partial charge is 0.410 e. The number of nitrogens with zero attached hydrogens (tertiary/aromatic N) is 3. The summed E-state index contributed by atoms with van der Waals surface area (Å²) >= 11 is 0. The van der Waals surface area contributed by atoms with E-state index >= 15 is 0 Å². The summed E-state index contributed by atoms with van der Waals surface area (Å²) in [5, 5.41) is 13.1. The Kier molecular flexibility index (Phi) is 9.91. The molecule has 9 nitrogen and oxygen atoms in total. The molecule has 0 saturated carbocycles. The third kappa shape index (κ3) is 7.48. The third-order valence-electron chi connectivity index (χ3n) is 8.43. The molecule has 0 unspecified atom stereocenters. The van der Waals surface area contributed by atoms with Crippen molar-refractivity contribution in [1.82, 2.24) is 19.4 Å². The van der Waals surface area contributed by atoms with Crippen molar-refractivity contribution in [2.45, 2.75) is 71.5 Å². The van der Waals surface area contributed by atoms with Crippen molar-refractivity contribution < 1.29 is 24.2 Å². The number of rotatable bonds is 1. The Morgan fingerprint density at radius 1 is 0.870 bits per heavy atom. The van der Waals surface area contributed by atoms with Gasteiger partial charge in [0.15, 0.2) is 5.60 Å². The van der Waals surface area contributed by atoms with Crippen molar-refractivity contribution in [3.63, 3.8) is 0 Å². The lowest BCUT2D eigenvalue weighted by atomic mass is 9.87. The molecule has 7 rings (SSSR count). The summed E-state index contributed by atoms with van der Waals surface area (Å²) < 4.78 is 15.9. The number of piperidine rings is 2. The van der Waals surface area contributed by atoms with Crippen LogP contribution in [0.2, 0.25) is 0 Å². The number of ether oxygens (including phenoxy) is 2. The van der Waals surface area contributed by atoms with E-state index in [0.717, 1.165) is 42.9 Å². The number of hydrogen-bond donors (Lipinski definition) is 2. The molecule has 2 fully saturated rings. The molecule has 0 aliphatic carbocycles. The average Bonchev–Trinajstić information content (AvgIpc) is 3.72. The first-order chi connectivity index (χ1) is 22.0. The molecule has 2 aromatic heterocycles. The number of carbonyl (C=O) groups excluding carboxylic acids is 2. The standard InChI is InChI=1S/C16H18N2O.C11H11NO.C10H17NO3/c1-12-4-2-5-13-15(12)18-11-3-6-14(18)16(19-13)7-9-17-10-8-16;1-9-5-4-6-10(13)11(9)12-7-2-3-8-12;1-10(2,3)14-9(13)11-6-4-8(12)5-7-11/h2-6,11,17H,7-10H2,1H3;2-8,13H,1H3;4-7H2,1-3H3. The van der Waals surface area contributed by atoms with Gasteiger partial charge >= 0.3 is 6.09 Å². The van der Waals surface area contributed by atoms with Crippen molar-refractivity contribution >= 4 is 11.9 Å². The van der Waals surface area contributed by atoms with Gasteiger partial charge in [-0.2, -0.15) is 0 Å². The maximum atomic E-state index is 11.5. The number of fused-ring (bicyclic) bond motifs is 4. The molecule has 0 radical (unpaired) electrons. The number of para-hydroxylation sites is 2. The van der Waals surface area contributed by atoms with Crippen LogP contribution in [0.1, 0.15) is 63.3 Å². The zero-order valence-electron chi connectivity index (χ0n) is 27.6. The second-order valence-electron chi connectivity index (χ2n) is 13.1. The molecule has 1 spiro atoms. The second kappa shape index (κ2) is 13.9. The lowest BCUT2D eigenvalue weighted by Crippen LogP contribution is -2.46. The van der Waals surface area contributed by atoms with E-state index in [-0.39, 0.29) is 17.5 Å². The molecule has 9 heteroatoms. The first kappa shape index (κ1) is 32.9. The number of benzene rings is 2. The van der Waals surface area contributed by atoms with Gasteiger partial charge in [-0.05, 0) is 95.2 Å². The van der Waals surface area contributed by atoms with Crippen LogP contribution in [-0.2, 0) is 15.1 Å². The third-order valence-corrected chi connectivity index (χ3v) is 8.43. The van der Waals surface area contributed by atoms with Gasteiger partial charge in [-0.25, -0.2) is 4.79 Å². The highest BCUT2D eigenvalue weighted by Gasteiger charge is 2.42. The molecule has 4 aromatic rings. The fourth-order valence-corrected chi connectivity index (χ4v) is 6.15. The van der Waals surface area contributed by atoms with E-state index in [1.165, 1.54) is 16.9 Å². The molecule has 2 N–H and O–H groups in total. The van der Waals surface area contributed by atoms with Crippen LogP contribution in [0.4, 0.5) is 4.79 Å². The van der Waals surface area contributed by atoms with Crippen molar-refractivity contribution in [2.24, 2.45) is 0 Å². The highest BCUT2D eigenvalue weighted by Crippen LogP contribution is 2.44. The molecular weight excluding hydrogens is 580 g/mol. The summed E-state index contributed by atoms with van der Waals surface area (Å²) in [6.45, 7) is 12.7. The number of likely N-dealkylation sites (tertiary alicyclic amines) is 1. The number of phenolic OH excluding ortho intramolecular Hbond substituents is 1. The van der Waals surface area contributed by atoms with Crippen LogP contribution in [0, 0.1) is 13.8 Å². The number of phenols is 1. The number of ketones is 1. The number of carbonyl (C=O) groups is 2. The van der Waals surface area contributed by atoms with Crippen LogP contribution < -0.4 is 10.1 Å². The second-order valence-corrected chi connectivity index (χ2v) is 13.1. The van der Waals surface area contributed by atoms with Gasteiger partial charge in [0, 0.05) is 57.4 Å². The molecule has 0 atom stereocenters. The van der Waals surface area contributed by atoms with Gasteiger partial charge in [-0.15, -0.1) is 0 Å². The van der Waals surface area contributed by atoms with Crippen LogP contribution in [0.3, 0.4) is 0 Å². The number of Topliss-reactive ketones (excluding diaryl/α,β-unsaturated/α-hetero) is 1. The van der Waals surface area contributed by atoms with E-state index in [0.29, 0.717) is 31.7 Å². The molecule has 46 heavy (non-hydrogen) atoms. The molecule has 0 bridgehead atoms. The Bertz CT molecular complexity index is 1610. The normalized spacial score (nSPS) is 16.5. The lowest BCUT2D eigenvalue weighted by Gasteiger charge is -2.42. The van der Waals surface area contributed by atoms with E-state index in [1.807, 2.05) is 68.9 Å². The lowest BCUT2D eigenvalue weighted by molar-refractivity contribution is -0.121. The Labute approximate surface area is 271 Å². The number of aryl methyl sites for hydroxylation is 2. The summed E-state index contributed by atoms with van der Waals surface area (Å²) in [4.78, 5) is 24.0. The first-order valence-electron chi connectivity index (χ1n) is 16.1. The summed E-state index contributed by atoms with van der Waals surface area (Å²) in [6.07, 6.45) is 8.66. The van der Waals surface area contributed by atoms with Crippen LogP contribution in [0.25, 0.3) is 11.4 Å². The number of amides is 1. The van der Waals surface area contributed by atoms with Gasteiger partial charge in [0.25, 0.3) is 0 Å². The molecule has 2 aromatic carbocycles. The Morgan fingerprint density at radius 3 is 2.13 bits per heavy atom. The van der Waals surface area contributed by atoms with Gasteiger partial charge in [0.2, 0.25) is 0 Å². The number of aromatic nitrogens is 2. The largest absolute Gasteiger partial charge is 0.506 e. The Morgan fingerprint density at radius 2 is 1.50 bits per heavy atom. The summed E-state index contributed by atoms with van der Waals surface area (Å²) in [5.74, 6) is 1.56. The van der Waals surface area contributed by atoms with E-state index in [9.17, 15) is 14.7 Å². The Hall–Kier alpha value is -4.50. The number of nitrogens with one attached hydrogen (secondary N) is 1. The van der Waals surface area contributed by atoms with Gasteiger partial charge in [-0.3, -0.25) is 4.79 Å². The predicted octanol–water partition coefficient (Wildman–Crippen LogP) is 6.83. The fourth-order valence-electron chi connectivity index (χ4n) is 6.15. The quantitative estimate of drug-likeness (QED) is 0.240. The first-order valence-corrected chi connectivity index (χ1v) is 16.1. The van der Waals surface area contributed by atoms with Crippen LogP contribution in [0.5, 0.6) is 11.5 Å². The Balaban J connectivity index is 0.000000140. The topological polar surface area (TPSA) is 98.0 Å². The minimum atomic E-state index is -0.460. The molecule has 2 saturated heterocycles. The van der Waals surface area contributed by atoms with Crippen LogP contribution in [-0.4, -0.2) is 62.8 Å².